The molecule has 2 aromatic carbocycles. The van der Waals surface area contributed by atoms with Gasteiger partial charge in [0.15, 0.2) is 0 Å². The molecule has 2 aromatic rings. The molecule has 1 saturated heterocycles. The third-order valence-corrected chi connectivity index (χ3v) is 4.59. The van der Waals surface area contributed by atoms with Gasteiger partial charge in [0.05, 0.1) is 31.6 Å². The molecule has 0 aromatic heterocycles. The topological polar surface area (TPSA) is 67.9 Å². The lowest BCUT2D eigenvalue weighted by molar-refractivity contribution is -0.111. The molecule has 1 heterocycles. The first-order valence-corrected chi connectivity index (χ1v) is 9.24. The SMILES string of the molecule is COC(=O)c1cc(N2CCOCC2)ccc1NC(=O)/C=C/c1ccc(Cl)cc1. The summed E-state index contributed by atoms with van der Waals surface area (Å²) < 4.78 is 10.2. The van der Waals surface area contributed by atoms with Crippen LogP contribution in [0.15, 0.2) is 48.5 Å². The molecule has 0 unspecified atom stereocenters. The minimum Gasteiger partial charge on any atom is -0.465 e. The number of hydrogen-bond donors (Lipinski definition) is 1. The van der Waals surface area contributed by atoms with Crippen molar-refractivity contribution in [1.29, 1.82) is 0 Å². The van der Waals surface area contributed by atoms with E-state index in [1.807, 2.05) is 18.2 Å². The lowest BCUT2D eigenvalue weighted by atomic mass is 10.1. The van der Waals surface area contributed by atoms with Crippen molar-refractivity contribution in [3.8, 4) is 0 Å². The van der Waals surface area contributed by atoms with E-state index in [9.17, 15) is 9.59 Å². The Morgan fingerprint density at radius 2 is 1.86 bits per heavy atom. The van der Waals surface area contributed by atoms with Crippen LogP contribution in [0.2, 0.25) is 5.02 Å². The van der Waals surface area contributed by atoms with Crippen LogP contribution in [0.25, 0.3) is 6.08 Å². The second kappa shape index (κ2) is 9.39. The molecule has 1 N–H and O–H groups in total. The molecule has 0 atom stereocenters. The lowest BCUT2D eigenvalue weighted by Gasteiger charge is -2.29. The fraction of sp³-hybridized carbons (Fsp3) is 0.238. The fourth-order valence-corrected chi connectivity index (χ4v) is 2.98. The highest BCUT2D eigenvalue weighted by molar-refractivity contribution is 6.30. The van der Waals surface area contributed by atoms with E-state index in [-0.39, 0.29) is 5.91 Å². The number of amides is 1. The number of benzene rings is 2. The van der Waals surface area contributed by atoms with E-state index in [1.165, 1.54) is 13.2 Å². The maximum atomic E-state index is 12.3. The maximum absolute atomic E-state index is 12.3. The van der Waals surface area contributed by atoms with Gasteiger partial charge >= 0.3 is 5.97 Å². The number of carbonyl (C=O) groups excluding carboxylic acids is 2. The molecule has 0 spiro atoms. The van der Waals surface area contributed by atoms with E-state index in [2.05, 4.69) is 10.2 Å². The summed E-state index contributed by atoms with van der Waals surface area (Å²) in [5.74, 6) is -0.855. The summed E-state index contributed by atoms with van der Waals surface area (Å²) in [6.45, 7) is 2.77. The fourth-order valence-electron chi connectivity index (χ4n) is 2.86. The Hall–Kier alpha value is -2.83. The van der Waals surface area contributed by atoms with Crippen LogP contribution in [0, 0.1) is 0 Å². The summed E-state index contributed by atoms with van der Waals surface area (Å²) in [6, 6.07) is 12.4. The largest absolute Gasteiger partial charge is 0.465 e. The van der Waals surface area contributed by atoms with Gasteiger partial charge in [-0.3, -0.25) is 4.79 Å². The monoisotopic (exact) mass is 400 g/mol. The predicted octanol–water partition coefficient (Wildman–Crippen LogP) is 3.62. The molecule has 0 radical (unpaired) electrons. The smallest absolute Gasteiger partial charge is 0.340 e. The van der Waals surface area contributed by atoms with Crippen LogP contribution < -0.4 is 10.2 Å². The predicted molar refractivity (Wildman–Crippen MR) is 110 cm³/mol. The molecular formula is C21H21ClN2O4. The number of morpholine rings is 1. The van der Waals surface area contributed by atoms with Gasteiger partial charge in [-0.05, 0) is 42.0 Å². The van der Waals surface area contributed by atoms with E-state index in [0.717, 1.165) is 24.3 Å². The molecule has 0 saturated carbocycles. The van der Waals surface area contributed by atoms with Crippen molar-refractivity contribution in [3.63, 3.8) is 0 Å². The summed E-state index contributed by atoms with van der Waals surface area (Å²) in [4.78, 5) is 26.6. The Morgan fingerprint density at radius 1 is 1.14 bits per heavy atom. The van der Waals surface area contributed by atoms with Crippen LogP contribution in [0.3, 0.4) is 0 Å². The van der Waals surface area contributed by atoms with E-state index in [1.54, 1.807) is 30.3 Å². The van der Waals surface area contributed by atoms with Gasteiger partial charge in [-0.2, -0.15) is 0 Å². The minimum absolute atomic E-state index is 0.305. The Kier molecular flexibility index (Phi) is 6.68. The summed E-state index contributed by atoms with van der Waals surface area (Å²) in [5.41, 5.74) is 2.43. The van der Waals surface area contributed by atoms with Crippen LogP contribution in [0.5, 0.6) is 0 Å². The average molecular weight is 401 g/mol. The van der Waals surface area contributed by atoms with Crippen molar-refractivity contribution in [2.24, 2.45) is 0 Å². The standard InChI is InChI=1S/C21H21ClN2O4/c1-27-21(26)18-14-17(24-10-12-28-13-11-24)7-8-19(18)23-20(25)9-4-15-2-5-16(22)6-3-15/h2-9,14H,10-13H2,1H3,(H,23,25)/b9-4+. The molecule has 7 heteroatoms. The van der Waals surface area contributed by atoms with E-state index in [4.69, 9.17) is 21.1 Å². The molecule has 0 aliphatic carbocycles. The first-order valence-electron chi connectivity index (χ1n) is 8.86. The number of rotatable bonds is 5. The Balaban J connectivity index is 1.76. The van der Waals surface area contributed by atoms with Crippen molar-refractivity contribution >= 4 is 40.9 Å². The van der Waals surface area contributed by atoms with Gasteiger partial charge in [0, 0.05) is 29.9 Å². The lowest BCUT2D eigenvalue weighted by Crippen LogP contribution is -2.36. The molecule has 6 nitrogen and oxygen atoms in total. The van der Waals surface area contributed by atoms with Crippen molar-refractivity contribution in [2.75, 3.05) is 43.6 Å². The van der Waals surface area contributed by atoms with Gasteiger partial charge in [-0.15, -0.1) is 0 Å². The van der Waals surface area contributed by atoms with Gasteiger partial charge in [0.2, 0.25) is 5.91 Å². The number of nitrogens with one attached hydrogen (secondary N) is 1. The molecule has 1 amide bonds. The molecular weight excluding hydrogens is 380 g/mol. The first-order chi connectivity index (χ1) is 13.6. The minimum atomic E-state index is -0.507. The number of halogens is 1. The zero-order valence-corrected chi connectivity index (χ0v) is 16.2. The highest BCUT2D eigenvalue weighted by atomic mass is 35.5. The van der Waals surface area contributed by atoms with Gasteiger partial charge < -0.3 is 19.7 Å². The number of anilines is 2. The highest BCUT2D eigenvalue weighted by Crippen LogP contribution is 2.25. The van der Waals surface area contributed by atoms with E-state index >= 15 is 0 Å². The molecule has 1 aliphatic heterocycles. The summed E-state index contributed by atoms with van der Waals surface area (Å²) in [5, 5.41) is 3.37. The van der Waals surface area contributed by atoms with Crippen LogP contribution in [-0.2, 0) is 14.3 Å². The van der Waals surface area contributed by atoms with Crippen LogP contribution >= 0.6 is 11.6 Å². The Bertz CT molecular complexity index is 874. The molecule has 1 aliphatic rings. The normalized spacial score (nSPS) is 14.1. The number of carbonyl (C=O) groups is 2. The molecule has 28 heavy (non-hydrogen) atoms. The van der Waals surface area contributed by atoms with Crippen molar-refractivity contribution in [3.05, 3.63) is 64.7 Å². The van der Waals surface area contributed by atoms with Crippen LogP contribution in [0.4, 0.5) is 11.4 Å². The van der Waals surface area contributed by atoms with Gasteiger partial charge in [-0.1, -0.05) is 23.7 Å². The Labute approximate surface area is 168 Å². The summed E-state index contributed by atoms with van der Waals surface area (Å²) in [7, 11) is 1.32. The third-order valence-electron chi connectivity index (χ3n) is 4.34. The average Bonchev–Trinajstić information content (AvgIpc) is 2.73. The maximum Gasteiger partial charge on any atom is 0.340 e. The number of esters is 1. The summed E-state index contributed by atoms with van der Waals surface area (Å²) >= 11 is 5.85. The molecule has 0 bridgehead atoms. The van der Waals surface area contributed by atoms with E-state index in [0.29, 0.717) is 29.5 Å². The van der Waals surface area contributed by atoms with Gasteiger partial charge in [0.1, 0.15) is 0 Å². The molecule has 1 fully saturated rings. The number of ether oxygens (including phenoxy) is 2. The van der Waals surface area contributed by atoms with Gasteiger partial charge in [0.25, 0.3) is 0 Å². The summed E-state index contributed by atoms with van der Waals surface area (Å²) in [6.07, 6.45) is 3.08. The first kappa shape index (κ1) is 19.9. The van der Waals surface area contributed by atoms with Gasteiger partial charge in [-0.25, -0.2) is 4.79 Å². The second-order valence-electron chi connectivity index (χ2n) is 6.20. The Morgan fingerprint density at radius 3 is 2.54 bits per heavy atom. The highest BCUT2D eigenvalue weighted by Gasteiger charge is 2.18. The van der Waals surface area contributed by atoms with Crippen LogP contribution in [0.1, 0.15) is 15.9 Å². The quantitative estimate of drug-likeness (QED) is 0.613. The molecule has 146 valence electrons. The van der Waals surface area contributed by atoms with Crippen molar-refractivity contribution in [2.45, 2.75) is 0 Å². The third kappa shape index (κ3) is 5.12. The molecule has 3 rings (SSSR count). The van der Waals surface area contributed by atoms with E-state index < -0.39 is 5.97 Å². The number of methoxy groups -OCH3 is 1. The zero-order valence-electron chi connectivity index (χ0n) is 15.5. The van der Waals surface area contributed by atoms with Crippen molar-refractivity contribution in [1.82, 2.24) is 0 Å². The number of hydrogen-bond acceptors (Lipinski definition) is 5. The van der Waals surface area contributed by atoms with Crippen molar-refractivity contribution < 1.29 is 19.1 Å². The second-order valence-corrected chi connectivity index (χ2v) is 6.63. The number of nitrogens with zero attached hydrogens (tertiary/aromatic N) is 1. The van der Waals surface area contributed by atoms with Crippen LogP contribution in [-0.4, -0.2) is 45.3 Å². The zero-order chi connectivity index (χ0) is 19.9.